The highest BCUT2D eigenvalue weighted by Crippen LogP contribution is 2.43. The first-order valence-electron chi connectivity index (χ1n) is 13.0. The summed E-state index contributed by atoms with van der Waals surface area (Å²) in [7, 11) is 0. The van der Waals surface area contributed by atoms with Gasteiger partial charge in [-0.15, -0.1) is 0 Å². The van der Waals surface area contributed by atoms with Gasteiger partial charge >= 0.3 is 0 Å². The lowest BCUT2D eigenvalue weighted by atomic mass is 9.85. The Balaban J connectivity index is 1.59. The van der Waals surface area contributed by atoms with E-state index in [1.165, 1.54) is 76.5 Å². The van der Waals surface area contributed by atoms with Gasteiger partial charge in [-0.05, 0) is 88.6 Å². The van der Waals surface area contributed by atoms with Crippen molar-refractivity contribution in [3.63, 3.8) is 0 Å². The first kappa shape index (κ1) is 22.3. The van der Waals surface area contributed by atoms with Crippen molar-refractivity contribution >= 4 is 55.2 Å². The summed E-state index contributed by atoms with van der Waals surface area (Å²) < 4.78 is 0. The van der Waals surface area contributed by atoms with Gasteiger partial charge in [0.15, 0.2) is 0 Å². The largest absolute Gasteiger partial charge is 0.0984 e. The van der Waals surface area contributed by atoms with Crippen LogP contribution in [0.15, 0.2) is 134 Å². The van der Waals surface area contributed by atoms with Gasteiger partial charge in [0.05, 0.1) is 0 Å². The van der Waals surface area contributed by atoms with Gasteiger partial charge in [-0.25, -0.2) is 0 Å². The molecule has 38 heavy (non-hydrogen) atoms. The summed E-state index contributed by atoms with van der Waals surface area (Å²) in [5.74, 6) is 0. The minimum atomic E-state index is 1.18. The van der Waals surface area contributed by atoms with Crippen LogP contribution in [0.5, 0.6) is 0 Å². The SMILES string of the molecule is C=Cc1c2ccccc2cc2cccc(-c3ccccc3-c3cccc4cc5ccccc5c(C=C)c34)c12. The predicted molar refractivity (Wildman–Crippen MR) is 168 cm³/mol. The molecule has 0 saturated carbocycles. The quantitative estimate of drug-likeness (QED) is 0.219. The summed E-state index contributed by atoms with van der Waals surface area (Å²) in [5.41, 5.74) is 7.23. The lowest BCUT2D eigenvalue weighted by molar-refractivity contribution is 1.62. The zero-order chi connectivity index (χ0) is 25.6. The third kappa shape index (κ3) is 3.31. The Bertz CT molecular complexity index is 1910. The lowest BCUT2D eigenvalue weighted by Gasteiger charge is -2.18. The Morgan fingerprint density at radius 2 is 0.737 bits per heavy atom. The van der Waals surface area contributed by atoms with E-state index in [0.717, 1.165) is 0 Å². The molecule has 0 unspecified atom stereocenters. The van der Waals surface area contributed by atoms with E-state index >= 15 is 0 Å². The minimum absolute atomic E-state index is 1.18. The van der Waals surface area contributed by atoms with Gasteiger partial charge in [0, 0.05) is 0 Å². The summed E-state index contributed by atoms with van der Waals surface area (Å²) in [6.45, 7) is 8.46. The van der Waals surface area contributed by atoms with Gasteiger partial charge in [0.25, 0.3) is 0 Å². The van der Waals surface area contributed by atoms with E-state index in [1.54, 1.807) is 0 Å². The van der Waals surface area contributed by atoms with Gasteiger partial charge in [-0.3, -0.25) is 0 Å². The first-order valence-corrected chi connectivity index (χ1v) is 13.0. The number of benzene rings is 7. The van der Waals surface area contributed by atoms with E-state index in [0.29, 0.717) is 0 Å². The van der Waals surface area contributed by atoms with Crippen molar-refractivity contribution in [1.82, 2.24) is 0 Å². The van der Waals surface area contributed by atoms with Crippen LogP contribution in [0.3, 0.4) is 0 Å². The third-order valence-corrected chi connectivity index (χ3v) is 7.77. The first-order chi connectivity index (χ1) is 18.8. The van der Waals surface area contributed by atoms with Gasteiger partial charge in [-0.1, -0.05) is 135 Å². The Kier molecular flexibility index (Phi) is 5.20. The van der Waals surface area contributed by atoms with Gasteiger partial charge < -0.3 is 0 Å². The standard InChI is InChI=1S/C38H26/c1-3-29-31-17-7-5-13-25(31)23-27-15-11-21-35(37(27)29)33-19-9-10-20-34(33)36-22-12-16-28-24-26-14-6-8-18-32(26)30(4-2)38(28)36/h3-24H,1-2H2. The van der Waals surface area contributed by atoms with Crippen LogP contribution in [0.2, 0.25) is 0 Å². The summed E-state index contributed by atoms with van der Waals surface area (Å²) in [6.07, 6.45) is 4.02. The fourth-order valence-corrected chi connectivity index (χ4v) is 6.15. The Morgan fingerprint density at radius 3 is 1.18 bits per heavy atom. The van der Waals surface area contributed by atoms with Crippen LogP contribution in [0, 0.1) is 0 Å². The van der Waals surface area contributed by atoms with Gasteiger partial charge in [0.2, 0.25) is 0 Å². The molecule has 0 nitrogen and oxygen atoms in total. The monoisotopic (exact) mass is 482 g/mol. The second-order valence-electron chi connectivity index (χ2n) is 9.78. The van der Waals surface area contributed by atoms with Crippen molar-refractivity contribution in [1.29, 1.82) is 0 Å². The number of fused-ring (bicyclic) bond motifs is 4. The molecule has 0 heteroatoms. The van der Waals surface area contributed by atoms with E-state index in [2.05, 4.69) is 134 Å². The average Bonchev–Trinajstić information content (AvgIpc) is 2.98. The predicted octanol–water partition coefficient (Wildman–Crippen LogP) is 10.9. The summed E-state index contributed by atoms with van der Waals surface area (Å²) in [6, 6.07) is 43.8. The summed E-state index contributed by atoms with van der Waals surface area (Å²) in [5, 5.41) is 9.85. The minimum Gasteiger partial charge on any atom is -0.0984 e. The highest BCUT2D eigenvalue weighted by atomic mass is 14.2. The van der Waals surface area contributed by atoms with E-state index in [-0.39, 0.29) is 0 Å². The molecular formula is C38H26. The molecule has 0 atom stereocenters. The van der Waals surface area contributed by atoms with E-state index in [4.69, 9.17) is 0 Å². The smallest absolute Gasteiger partial charge is 0.00264 e. The molecule has 0 radical (unpaired) electrons. The Hall–Kier alpha value is -4.94. The molecular weight excluding hydrogens is 456 g/mol. The van der Waals surface area contributed by atoms with Crippen LogP contribution in [-0.2, 0) is 0 Å². The van der Waals surface area contributed by atoms with Crippen LogP contribution in [-0.4, -0.2) is 0 Å². The van der Waals surface area contributed by atoms with Crippen molar-refractivity contribution in [3.8, 4) is 22.3 Å². The van der Waals surface area contributed by atoms with Crippen LogP contribution in [0.4, 0.5) is 0 Å². The molecule has 0 N–H and O–H groups in total. The van der Waals surface area contributed by atoms with Crippen molar-refractivity contribution in [2.24, 2.45) is 0 Å². The zero-order valence-corrected chi connectivity index (χ0v) is 21.1. The second-order valence-corrected chi connectivity index (χ2v) is 9.78. The van der Waals surface area contributed by atoms with E-state index in [9.17, 15) is 0 Å². The molecule has 0 amide bonds. The molecule has 7 aromatic carbocycles. The highest BCUT2D eigenvalue weighted by molar-refractivity contribution is 6.16. The molecule has 7 aromatic rings. The Labute approximate surface area is 222 Å². The second kappa shape index (κ2) is 8.87. The molecule has 0 bridgehead atoms. The van der Waals surface area contributed by atoms with Crippen LogP contribution >= 0.6 is 0 Å². The Morgan fingerprint density at radius 1 is 0.368 bits per heavy atom. The molecule has 0 heterocycles. The van der Waals surface area contributed by atoms with Crippen molar-refractivity contribution in [3.05, 3.63) is 146 Å². The fourth-order valence-electron chi connectivity index (χ4n) is 6.15. The molecule has 0 aliphatic rings. The topological polar surface area (TPSA) is 0 Å². The molecule has 0 saturated heterocycles. The fraction of sp³-hybridized carbons (Fsp3) is 0. The summed E-state index contributed by atoms with van der Waals surface area (Å²) in [4.78, 5) is 0. The number of rotatable bonds is 4. The maximum absolute atomic E-state index is 4.23. The highest BCUT2D eigenvalue weighted by Gasteiger charge is 2.17. The van der Waals surface area contributed by atoms with E-state index in [1.807, 2.05) is 12.2 Å². The van der Waals surface area contributed by atoms with Crippen molar-refractivity contribution in [2.75, 3.05) is 0 Å². The molecule has 0 spiro atoms. The maximum Gasteiger partial charge on any atom is -0.00264 e. The normalized spacial score (nSPS) is 11.4. The van der Waals surface area contributed by atoms with Crippen molar-refractivity contribution < 1.29 is 0 Å². The molecule has 178 valence electrons. The molecule has 0 aliphatic carbocycles. The number of hydrogen-bond acceptors (Lipinski definition) is 0. The molecule has 0 aliphatic heterocycles. The summed E-state index contributed by atoms with van der Waals surface area (Å²) >= 11 is 0. The lowest BCUT2D eigenvalue weighted by Crippen LogP contribution is -1.92. The van der Waals surface area contributed by atoms with Gasteiger partial charge in [-0.2, -0.15) is 0 Å². The van der Waals surface area contributed by atoms with Crippen LogP contribution < -0.4 is 0 Å². The number of hydrogen-bond donors (Lipinski definition) is 0. The van der Waals surface area contributed by atoms with E-state index < -0.39 is 0 Å². The van der Waals surface area contributed by atoms with Crippen LogP contribution in [0.25, 0.3) is 77.5 Å². The van der Waals surface area contributed by atoms with Crippen LogP contribution in [0.1, 0.15) is 11.1 Å². The van der Waals surface area contributed by atoms with Gasteiger partial charge in [0.1, 0.15) is 0 Å². The molecule has 7 rings (SSSR count). The van der Waals surface area contributed by atoms with Crippen molar-refractivity contribution in [2.45, 2.75) is 0 Å². The average molecular weight is 483 g/mol. The molecule has 0 aromatic heterocycles. The molecule has 0 fully saturated rings. The maximum atomic E-state index is 4.23. The zero-order valence-electron chi connectivity index (χ0n) is 21.1. The third-order valence-electron chi connectivity index (χ3n) is 7.77.